The molecule has 0 saturated heterocycles. The van der Waals surface area contributed by atoms with Crippen molar-refractivity contribution in [3.05, 3.63) is 65.2 Å². The van der Waals surface area contributed by atoms with Gasteiger partial charge in [0.05, 0.1) is 11.9 Å². The summed E-state index contributed by atoms with van der Waals surface area (Å²) in [6.07, 6.45) is 9.20. The third-order valence-corrected chi connectivity index (χ3v) is 10.6. The molecule has 4 saturated carbocycles. The lowest BCUT2D eigenvalue weighted by Crippen LogP contribution is -2.48. The van der Waals surface area contributed by atoms with Gasteiger partial charge in [-0.3, -0.25) is 9.10 Å². The standard InChI is InChI=1S/C29H38N2O3S2/c1-21-4-3-5-22(12-21)20-35-11-10-30-28(32)19-31(36(2,33)34)27-8-6-26(7-9-27)29-16-23-13-24(17-29)15-25(14-23)18-29/h3-9,12,23-25H,10-11,13-20H2,1-2H3,(H,30,32). The number of benzene rings is 2. The minimum Gasteiger partial charge on any atom is -0.354 e. The third kappa shape index (κ3) is 5.77. The van der Waals surface area contributed by atoms with Crippen LogP contribution in [0, 0.1) is 24.7 Å². The number of nitrogens with one attached hydrogen (secondary N) is 1. The van der Waals surface area contributed by atoms with E-state index < -0.39 is 10.0 Å². The lowest BCUT2D eigenvalue weighted by molar-refractivity contribution is -0.119. The van der Waals surface area contributed by atoms with E-state index in [1.54, 1.807) is 11.8 Å². The molecule has 2 aromatic carbocycles. The van der Waals surface area contributed by atoms with Crippen molar-refractivity contribution < 1.29 is 13.2 Å². The second kappa shape index (κ2) is 10.4. The fourth-order valence-electron chi connectivity index (χ4n) is 7.29. The van der Waals surface area contributed by atoms with Crippen LogP contribution in [0.3, 0.4) is 0 Å². The van der Waals surface area contributed by atoms with E-state index >= 15 is 0 Å². The minimum atomic E-state index is -3.58. The number of carbonyl (C=O) groups is 1. The largest absolute Gasteiger partial charge is 0.354 e. The number of hydrogen-bond donors (Lipinski definition) is 1. The molecule has 5 nitrogen and oxygen atoms in total. The van der Waals surface area contributed by atoms with E-state index in [1.165, 1.54) is 65.8 Å². The van der Waals surface area contributed by atoms with Gasteiger partial charge in [-0.2, -0.15) is 11.8 Å². The Morgan fingerprint density at radius 3 is 2.25 bits per heavy atom. The first-order chi connectivity index (χ1) is 17.2. The van der Waals surface area contributed by atoms with E-state index in [2.05, 4.69) is 48.6 Å². The summed E-state index contributed by atoms with van der Waals surface area (Å²) < 4.78 is 26.4. The van der Waals surface area contributed by atoms with Gasteiger partial charge < -0.3 is 5.32 Å². The van der Waals surface area contributed by atoms with Crippen molar-refractivity contribution in [1.29, 1.82) is 0 Å². The van der Waals surface area contributed by atoms with Gasteiger partial charge in [0.15, 0.2) is 0 Å². The zero-order chi connectivity index (χ0) is 25.3. The number of rotatable bonds is 10. The molecule has 1 N–H and O–H groups in total. The molecule has 4 bridgehead atoms. The molecular formula is C29H38N2O3S2. The molecule has 4 aliphatic rings. The number of anilines is 1. The van der Waals surface area contributed by atoms with Gasteiger partial charge in [0.1, 0.15) is 6.54 Å². The van der Waals surface area contributed by atoms with Gasteiger partial charge in [-0.15, -0.1) is 0 Å². The topological polar surface area (TPSA) is 66.5 Å². The summed E-state index contributed by atoms with van der Waals surface area (Å²) in [7, 11) is -3.58. The molecule has 0 aromatic heterocycles. The van der Waals surface area contributed by atoms with Crippen LogP contribution >= 0.6 is 11.8 Å². The third-order valence-electron chi connectivity index (χ3n) is 8.41. The van der Waals surface area contributed by atoms with Gasteiger partial charge >= 0.3 is 0 Å². The first kappa shape index (κ1) is 25.7. The second-order valence-electron chi connectivity index (χ2n) is 11.4. The van der Waals surface area contributed by atoms with E-state index in [1.807, 2.05) is 12.1 Å². The quantitative estimate of drug-likeness (QED) is 0.428. The van der Waals surface area contributed by atoms with Gasteiger partial charge in [0, 0.05) is 18.1 Å². The molecule has 36 heavy (non-hydrogen) atoms. The smallest absolute Gasteiger partial charge is 0.240 e. The fourth-order valence-corrected chi connectivity index (χ4v) is 8.95. The molecule has 6 rings (SSSR count). The van der Waals surface area contributed by atoms with Crippen molar-refractivity contribution in [2.45, 2.75) is 56.6 Å². The van der Waals surface area contributed by atoms with Crippen LogP contribution < -0.4 is 9.62 Å². The second-order valence-corrected chi connectivity index (χ2v) is 14.4. The molecule has 4 fully saturated rings. The Morgan fingerprint density at radius 2 is 1.67 bits per heavy atom. The highest BCUT2D eigenvalue weighted by Gasteiger charge is 2.51. The zero-order valence-corrected chi connectivity index (χ0v) is 23.0. The van der Waals surface area contributed by atoms with Gasteiger partial charge in [-0.25, -0.2) is 8.42 Å². The summed E-state index contributed by atoms with van der Waals surface area (Å²) in [4.78, 5) is 12.6. The maximum absolute atomic E-state index is 12.6. The summed E-state index contributed by atoms with van der Waals surface area (Å²) in [5.41, 5.74) is 4.71. The summed E-state index contributed by atoms with van der Waals surface area (Å²) in [5.74, 6) is 3.98. The van der Waals surface area contributed by atoms with Crippen molar-refractivity contribution in [3.8, 4) is 0 Å². The number of aryl methyl sites for hydroxylation is 1. The molecule has 0 aliphatic heterocycles. The van der Waals surface area contributed by atoms with Crippen LogP contribution in [-0.2, 0) is 26.0 Å². The van der Waals surface area contributed by atoms with Crippen LogP contribution in [0.2, 0.25) is 0 Å². The summed E-state index contributed by atoms with van der Waals surface area (Å²) in [6, 6.07) is 16.5. The Bertz CT molecular complexity index is 1160. The van der Waals surface area contributed by atoms with Crippen molar-refractivity contribution in [2.75, 3.05) is 29.4 Å². The van der Waals surface area contributed by atoms with E-state index in [0.717, 1.165) is 29.3 Å². The molecular weight excluding hydrogens is 488 g/mol. The molecule has 1 amide bonds. The number of sulfonamides is 1. The highest BCUT2D eigenvalue weighted by molar-refractivity contribution is 7.98. The number of nitrogens with zero attached hydrogens (tertiary/aromatic N) is 1. The van der Waals surface area contributed by atoms with Crippen molar-refractivity contribution >= 4 is 33.4 Å². The lowest BCUT2D eigenvalue weighted by atomic mass is 9.48. The maximum Gasteiger partial charge on any atom is 0.240 e. The van der Waals surface area contributed by atoms with Crippen molar-refractivity contribution in [1.82, 2.24) is 5.32 Å². The molecule has 194 valence electrons. The minimum absolute atomic E-state index is 0.196. The zero-order valence-electron chi connectivity index (χ0n) is 21.4. The van der Waals surface area contributed by atoms with Crippen molar-refractivity contribution in [3.63, 3.8) is 0 Å². The molecule has 0 atom stereocenters. The summed E-state index contributed by atoms with van der Waals surface area (Å²) >= 11 is 1.76. The van der Waals surface area contributed by atoms with E-state index in [0.29, 0.717) is 12.2 Å². The van der Waals surface area contributed by atoms with Crippen LogP contribution in [0.15, 0.2) is 48.5 Å². The maximum atomic E-state index is 12.6. The predicted molar refractivity (Wildman–Crippen MR) is 149 cm³/mol. The lowest BCUT2D eigenvalue weighted by Gasteiger charge is -2.57. The van der Waals surface area contributed by atoms with Crippen LogP contribution in [0.25, 0.3) is 0 Å². The molecule has 0 spiro atoms. The molecule has 2 aromatic rings. The van der Waals surface area contributed by atoms with Crippen LogP contribution in [0.4, 0.5) is 5.69 Å². The van der Waals surface area contributed by atoms with Gasteiger partial charge in [0.25, 0.3) is 0 Å². The van der Waals surface area contributed by atoms with Gasteiger partial charge in [-0.05, 0) is 91.9 Å². The SMILES string of the molecule is Cc1cccc(CSCCNC(=O)CN(c2ccc(C34CC5CC(CC(C5)C3)C4)cc2)S(C)(=O)=O)c1. The van der Waals surface area contributed by atoms with Crippen LogP contribution in [0.1, 0.15) is 55.2 Å². The van der Waals surface area contributed by atoms with Gasteiger partial charge in [0.2, 0.25) is 15.9 Å². The summed E-state index contributed by atoms with van der Waals surface area (Å²) in [6.45, 7) is 2.40. The van der Waals surface area contributed by atoms with Crippen LogP contribution in [-0.4, -0.2) is 39.4 Å². The highest BCUT2D eigenvalue weighted by Crippen LogP contribution is 2.60. The Kier molecular flexibility index (Phi) is 7.42. The van der Waals surface area contributed by atoms with E-state index in [4.69, 9.17) is 0 Å². The van der Waals surface area contributed by atoms with Crippen LogP contribution in [0.5, 0.6) is 0 Å². The Balaban J connectivity index is 1.17. The monoisotopic (exact) mass is 526 g/mol. The Labute approximate surface area is 220 Å². The Hall–Kier alpha value is -1.99. The highest BCUT2D eigenvalue weighted by atomic mass is 32.2. The van der Waals surface area contributed by atoms with E-state index in [9.17, 15) is 13.2 Å². The number of thioether (sulfide) groups is 1. The number of hydrogen-bond acceptors (Lipinski definition) is 4. The summed E-state index contributed by atoms with van der Waals surface area (Å²) in [5, 5.41) is 2.89. The normalized spacial score (nSPS) is 26.7. The first-order valence-corrected chi connectivity index (χ1v) is 16.2. The number of amides is 1. The van der Waals surface area contributed by atoms with Crippen molar-refractivity contribution in [2.24, 2.45) is 17.8 Å². The molecule has 0 heterocycles. The molecule has 7 heteroatoms. The fraction of sp³-hybridized carbons (Fsp3) is 0.552. The molecule has 0 unspecified atom stereocenters. The Morgan fingerprint density at radius 1 is 1.03 bits per heavy atom. The average molecular weight is 527 g/mol. The van der Waals surface area contributed by atoms with E-state index in [-0.39, 0.29) is 17.9 Å². The van der Waals surface area contributed by atoms with Gasteiger partial charge in [-0.1, -0.05) is 42.0 Å². The predicted octanol–water partition coefficient (Wildman–Crippen LogP) is 5.28. The number of carbonyl (C=O) groups excluding carboxylic acids is 1. The first-order valence-electron chi connectivity index (χ1n) is 13.2. The molecule has 4 aliphatic carbocycles. The average Bonchev–Trinajstić information content (AvgIpc) is 2.81. The molecule has 0 radical (unpaired) electrons.